The number of nitriles is 1. The lowest BCUT2D eigenvalue weighted by molar-refractivity contribution is 0.294. The van der Waals surface area contributed by atoms with Crippen molar-refractivity contribution in [3.63, 3.8) is 0 Å². The molecule has 0 radical (unpaired) electrons. The van der Waals surface area contributed by atoms with Gasteiger partial charge >= 0.3 is 0 Å². The van der Waals surface area contributed by atoms with Crippen LogP contribution in [-0.4, -0.2) is 4.98 Å². The van der Waals surface area contributed by atoms with Crippen LogP contribution in [0, 0.1) is 18.3 Å². The number of benzene rings is 2. The third-order valence-electron chi connectivity index (χ3n) is 3.63. The molecule has 3 aromatic rings. The van der Waals surface area contributed by atoms with Crippen LogP contribution in [0.4, 0.5) is 0 Å². The molecular formula is C20H16N2O. The van der Waals surface area contributed by atoms with Gasteiger partial charge in [-0.15, -0.1) is 0 Å². The lowest BCUT2D eigenvalue weighted by atomic mass is 10.0. The Bertz CT molecular complexity index is 834. The molecule has 0 aliphatic carbocycles. The zero-order valence-electron chi connectivity index (χ0n) is 12.9. The lowest BCUT2D eigenvalue weighted by Gasteiger charge is -2.08. The molecule has 1 heterocycles. The molecule has 1 aromatic heterocycles. The Morgan fingerprint density at radius 1 is 1.04 bits per heavy atom. The Labute approximate surface area is 135 Å². The first-order valence-corrected chi connectivity index (χ1v) is 7.40. The monoisotopic (exact) mass is 300 g/mol. The van der Waals surface area contributed by atoms with E-state index in [1.54, 1.807) is 6.20 Å². The molecule has 0 aliphatic rings. The van der Waals surface area contributed by atoms with Crippen molar-refractivity contribution in [1.29, 1.82) is 5.26 Å². The van der Waals surface area contributed by atoms with Crippen molar-refractivity contribution >= 4 is 0 Å². The van der Waals surface area contributed by atoms with Gasteiger partial charge in [0, 0.05) is 17.8 Å². The minimum atomic E-state index is 0.503. The SMILES string of the molecule is Cc1cc(C#N)ccc1-c1ccc(OCc2ccccc2)nc1. The van der Waals surface area contributed by atoms with E-state index < -0.39 is 0 Å². The molecule has 0 saturated heterocycles. The zero-order valence-corrected chi connectivity index (χ0v) is 12.9. The van der Waals surface area contributed by atoms with Crippen molar-refractivity contribution < 1.29 is 4.74 Å². The fourth-order valence-electron chi connectivity index (χ4n) is 2.41. The summed E-state index contributed by atoms with van der Waals surface area (Å²) >= 11 is 0. The summed E-state index contributed by atoms with van der Waals surface area (Å²) < 4.78 is 5.70. The Balaban J connectivity index is 1.73. The van der Waals surface area contributed by atoms with E-state index in [1.807, 2.05) is 67.6 Å². The highest BCUT2D eigenvalue weighted by Crippen LogP contribution is 2.25. The van der Waals surface area contributed by atoms with Crippen LogP contribution >= 0.6 is 0 Å². The summed E-state index contributed by atoms with van der Waals surface area (Å²) in [5.74, 6) is 0.601. The first kappa shape index (κ1) is 14.8. The maximum absolute atomic E-state index is 8.93. The van der Waals surface area contributed by atoms with Crippen molar-refractivity contribution in [3.8, 4) is 23.1 Å². The summed E-state index contributed by atoms with van der Waals surface area (Å²) in [6.45, 7) is 2.50. The van der Waals surface area contributed by atoms with Crippen LogP contribution in [0.1, 0.15) is 16.7 Å². The maximum Gasteiger partial charge on any atom is 0.213 e. The number of hydrogen-bond acceptors (Lipinski definition) is 3. The van der Waals surface area contributed by atoms with E-state index in [9.17, 15) is 0 Å². The van der Waals surface area contributed by atoms with Gasteiger partial charge in [0.1, 0.15) is 6.61 Å². The summed E-state index contributed by atoms with van der Waals surface area (Å²) in [4.78, 5) is 4.37. The maximum atomic E-state index is 8.93. The molecule has 0 amide bonds. The van der Waals surface area contributed by atoms with Gasteiger partial charge in [0.2, 0.25) is 5.88 Å². The first-order chi connectivity index (χ1) is 11.3. The van der Waals surface area contributed by atoms with E-state index in [2.05, 4.69) is 11.1 Å². The predicted octanol–water partition coefficient (Wildman–Crippen LogP) is 4.51. The van der Waals surface area contributed by atoms with Gasteiger partial charge in [-0.25, -0.2) is 4.98 Å². The normalized spacial score (nSPS) is 10.1. The summed E-state index contributed by atoms with van der Waals surface area (Å²) in [6.07, 6.45) is 1.80. The number of nitrogens with zero attached hydrogens (tertiary/aromatic N) is 2. The lowest BCUT2D eigenvalue weighted by Crippen LogP contribution is -1.97. The molecule has 3 nitrogen and oxygen atoms in total. The van der Waals surface area contributed by atoms with Crippen LogP contribution in [0.3, 0.4) is 0 Å². The average molecular weight is 300 g/mol. The van der Waals surface area contributed by atoms with E-state index >= 15 is 0 Å². The number of rotatable bonds is 4. The number of aryl methyl sites for hydroxylation is 1. The van der Waals surface area contributed by atoms with Crippen molar-refractivity contribution in [1.82, 2.24) is 4.98 Å². The highest BCUT2D eigenvalue weighted by molar-refractivity contribution is 5.67. The molecule has 0 saturated carbocycles. The third-order valence-corrected chi connectivity index (χ3v) is 3.63. The quantitative estimate of drug-likeness (QED) is 0.712. The van der Waals surface area contributed by atoms with Gasteiger partial charge in [-0.3, -0.25) is 0 Å². The summed E-state index contributed by atoms with van der Waals surface area (Å²) in [7, 11) is 0. The van der Waals surface area contributed by atoms with E-state index in [1.165, 1.54) is 0 Å². The van der Waals surface area contributed by atoms with E-state index in [-0.39, 0.29) is 0 Å². The zero-order chi connectivity index (χ0) is 16.1. The minimum absolute atomic E-state index is 0.503. The van der Waals surface area contributed by atoms with Gasteiger partial charge in [0.25, 0.3) is 0 Å². The first-order valence-electron chi connectivity index (χ1n) is 7.40. The van der Waals surface area contributed by atoms with Crippen molar-refractivity contribution in [2.24, 2.45) is 0 Å². The molecule has 0 unspecified atom stereocenters. The summed E-state index contributed by atoms with van der Waals surface area (Å²) in [5.41, 5.74) is 4.93. The van der Waals surface area contributed by atoms with Gasteiger partial charge in [0.05, 0.1) is 11.6 Å². The van der Waals surface area contributed by atoms with E-state index in [0.717, 1.165) is 22.3 Å². The second-order valence-electron chi connectivity index (χ2n) is 5.30. The van der Waals surface area contributed by atoms with Gasteiger partial charge < -0.3 is 4.74 Å². The Hall–Kier alpha value is -3.12. The third kappa shape index (κ3) is 3.56. The molecule has 23 heavy (non-hydrogen) atoms. The van der Waals surface area contributed by atoms with Crippen LogP contribution in [0.25, 0.3) is 11.1 Å². The highest BCUT2D eigenvalue weighted by atomic mass is 16.5. The van der Waals surface area contributed by atoms with Gasteiger partial charge in [-0.05, 0) is 41.8 Å². The molecule has 0 aliphatic heterocycles. The predicted molar refractivity (Wildman–Crippen MR) is 89.9 cm³/mol. The van der Waals surface area contributed by atoms with E-state index in [4.69, 9.17) is 10.00 Å². The van der Waals surface area contributed by atoms with Gasteiger partial charge in [-0.1, -0.05) is 36.4 Å². The average Bonchev–Trinajstić information content (AvgIpc) is 2.61. The minimum Gasteiger partial charge on any atom is -0.473 e. The molecule has 0 fully saturated rings. The Kier molecular flexibility index (Phi) is 4.35. The molecule has 112 valence electrons. The highest BCUT2D eigenvalue weighted by Gasteiger charge is 2.04. The van der Waals surface area contributed by atoms with Crippen LogP contribution in [0.15, 0.2) is 66.9 Å². The largest absolute Gasteiger partial charge is 0.473 e. The number of pyridine rings is 1. The van der Waals surface area contributed by atoms with Gasteiger partial charge in [-0.2, -0.15) is 5.26 Å². The van der Waals surface area contributed by atoms with Crippen molar-refractivity contribution in [3.05, 3.63) is 83.6 Å². The molecule has 0 bridgehead atoms. The van der Waals surface area contributed by atoms with E-state index in [0.29, 0.717) is 18.1 Å². The van der Waals surface area contributed by atoms with Crippen LogP contribution in [-0.2, 0) is 6.61 Å². The fraction of sp³-hybridized carbons (Fsp3) is 0.100. The molecule has 2 aromatic carbocycles. The van der Waals surface area contributed by atoms with Gasteiger partial charge in [0.15, 0.2) is 0 Å². The molecule has 0 spiro atoms. The standard InChI is InChI=1S/C20H16N2O/c1-15-11-17(12-21)7-9-19(15)18-8-10-20(22-13-18)23-14-16-5-3-2-4-6-16/h2-11,13H,14H2,1H3. The number of ether oxygens (including phenoxy) is 1. The Morgan fingerprint density at radius 3 is 2.52 bits per heavy atom. The van der Waals surface area contributed by atoms with Crippen molar-refractivity contribution in [2.45, 2.75) is 13.5 Å². The smallest absolute Gasteiger partial charge is 0.213 e. The molecule has 0 atom stereocenters. The fourth-order valence-corrected chi connectivity index (χ4v) is 2.41. The topological polar surface area (TPSA) is 45.9 Å². The van der Waals surface area contributed by atoms with Crippen LogP contribution in [0.5, 0.6) is 5.88 Å². The molecular weight excluding hydrogens is 284 g/mol. The molecule has 0 N–H and O–H groups in total. The number of hydrogen-bond donors (Lipinski definition) is 0. The Morgan fingerprint density at radius 2 is 1.87 bits per heavy atom. The summed E-state index contributed by atoms with van der Waals surface area (Å²) in [5, 5.41) is 8.93. The molecule has 3 rings (SSSR count). The second kappa shape index (κ2) is 6.76. The summed E-state index contributed by atoms with van der Waals surface area (Å²) in [6, 6.07) is 21.7. The molecule has 3 heteroatoms. The number of aromatic nitrogens is 1. The van der Waals surface area contributed by atoms with Crippen molar-refractivity contribution in [2.75, 3.05) is 0 Å². The second-order valence-corrected chi connectivity index (χ2v) is 5.30. The van der Waals surface area contributed by atoms with Crippen LogP contribution < -0.4 is 4.74 Å². The van der Waals surface area contributed by atoms with Crippen LogP contribution in [0.2, 0.25) is 0 Å².